The van der Waals surface area contributed by atoms with Crippen molar-refractivity contribution in [2.24, 2.45) is 5.92 Å². The first-order valence-corrected chi connectivity index (χ1v) is 7.99. The van der Waals surface area contributed by atoms with Gasteiger partial charge in [-0.3, -0.25) is 0 Å². The first-order valence-electron chi connectivity index (χ1n) is 7.99. The van der Waals surface area contributed by atoms with Gasteiger partial charge in [-0.15, -0.1) is 0 Å². The summed E-state index contributed by atoms with van der Waals surface area (Å²) in [6, 6.07) is 4.37. The van der Waals surface area contributed by atoms with Gasteiger partial charge in [0.2, 0.25) is 0 Å². The summed E-state index contributed by atoms with van der Waals surface area (Å²) >= 11 is 0. The molecule has 1 aromatic rings. The fourth-order valence-electron chi connectivity index (χ4n) is 3.31. The SMILES string of the molecule is CCc1c(CC2CCNCC2)ccc2c1OCCCO2. The lowest BCUT2D eigenvalue weighted by atomic mass is 9.88. The van der Waals surface area contributed by atoms with Gasteiger partial charge in [0.15, 0.2) is 11.5 Å². The van der Waals surface area contributed by atoms with Crippen LogP contribution in [0.1, 0.15) is 37.3 Å². The number of piperidine rings is 1. The molecule has 0 unspecified atom stereocenters. The van der Waals surface area contributed by atoms with Crippen molar-refractivity contribution in [1.82, 2.24) is 5.32 Å². The molecule has 1 fully saturated rings. The highest BCUT2D eigenvalue weighted by molar-refractivity contribution is 5.51. The summed E-state index contributed by atoms with van der Waals surface area (Å²) in [6.45, 7) is 6.09. The van der Waals surface area contributed by atoms with E-state index in [0.29, 0.717) is 0 Å². The van der Waals surface area contributed by atoms with Crippen LogP contribution in [0.25, 0.3) is 0 Å². The van der Waals surface area contributed by atoms with Gasteiger partial charge in [0.25, 0.3) is 0 Å². The van der Waals surface area contributed by atoms with E-state index in [1.54, 1.807) is 0 Å². The molecule has 1 N–H and O–H groups in total. The van der Waals surface area contributed by atoms with Gasteiger partial charge in [-0.2, -0.15) is 0 Å². The summed E-state index contributed by atoms with van der Waals surface area (Å²) in [5.74, 6) is 2.76. The average Bonchev–Trinajstić information content (AvgIpc) is 2.73. The first kappa shape index (κ1) is 13.7. The zero-order valence-corrected chi connectivity index (χ0v) is 12.4. The molecule has 0 bridgehead atoms. The van der Waals surface area contributed by atoms with Crippen LogP contribution < -0.4 is 14.8 Å². The van der Waals surface area contributed by atoms with Crippen molar-refractivity contribution >= 4 is 0 Å². The second-order valence-corrected chi connectivity index (χ2v) is 5.83. The van der Waals surface area contributed by atoms with E-state index in [2.05, 4.69) is 24.4 Å². The molecule has 0 saturated carbocycles. The van der Waals surface area contributed by atoms with Crippen LogP contribution in [0.15, 0.2) is 12.1 Å². The predicted octanol–water partition coefficient (Wildman–Crippen LogP) is 2.95. The second kappa shape index (κ2) is 6.49. The van der Waals surface area contributed by atoms with E-state index in [-0.39, 0.29) is 0 Å². The maximum atomic E-state index is 5.96. The first-order chi connectivity index (χ1) is 9.88. The van der Waals surface area contributed by atoms with E-state index in [9.17, 15) is 0 Å². The number of benzene rings is 1. The van der Waals surface area contributed by atoms with Crippen molar-refractivity contribution in [3.05, 3.63) is 23.3 Å². The number of nitrogens with one attached hydrogen (secondary N) is 1. The number of rotatable bonds is 3. The van der Waals surface area contributed by atoms with Crippen LogP contribution >= 0.6 is 0 Å². The smallest absolute Gasteiger partial charge is 0.164 e. The number of hydrogen-bond acceptors (Lipinski definition) is 3. The van der Waals surface area contributed by atoms with Gasteiger partial charge in [-0.25, -0.2) is 0 Å². The molecule has 0 amide bonds. The van der Waals surface area contributed by atoms with Crippen molar-refractivity contribution < 1.29 is 9.47 Å². The quantitative estimate of drug-likeness (QED) is 0.920. The van der Waals surface area contributed by atoms with E-state index in [4.69, 9.17) is 9.47 Å². The summed E-state index contributed by atoms with van der Waals surface area (Å²) in [7, 11) is 0. The highest BCUT2D eigenvalue weighted by Gasteiger charge is 2.20. The normalized spacial score (nSPS) is 19.6. The van der Waals surface area contributed by atoms with Crippen LogP contribution in [-0.4, -0.2) is 26.3 Å². The molecule has 110 valence electrons. The third-order valence-corrected chi connectivity index (χ3v) is 4.43. The Labute approximate surface area is 121 Å². The number of fused-ring (bicyclic) bond motifs is 1. The Morgan fingerprint density at radius 2 is 1.95 bits per heavy atom. The third kappa shape index (κ3) is 2.93. The minimum atomic E-state index is 0.768. The lowest BCUT2D eigenvalue weighted by Gasteiger charge is -2.24. The van der Waals surface area contributed by atoms with Crippen LogP contribution in [0, 0.1) is 5.92 Å². The summed E-state index contributed by atoms with van der Waals surface area (Å²) in [6.07, 6.45) is 5.75. The Kier molecular flexibility index (Phi) is 4.46. The minimum Gasteiger partial charge on any atom is -0.490 e. The molecule has 3 rings (SSSR count). The molecular weight excluding hydrogens is 250 g/mol. The van der Waals surface area contributed by atoms with E-state index in [1.165, 1.54) is 30.4 Å². The summed E-state index contributed by atoms with van der Waals surface area (Å²) in [5.41, 5.74) is 2.83. The zero-order valence-electron chi connectivity index (χ0n) is 12.4. The Balaban J connectivity index is 1.84. The third-order valence-electron chi connectivity index (χ3n) is 4.43. The summed E-state index contributed by atoms with van der Waals surface area (Å²) < 4.78 is 11.8. The molecule has 3 nitrogen and oxygen atoms in total. The van der Waals surface area contributed by atoms with Crippen LogP contribution in [0.5, 0.6) is 11.5 Å². The molecule has 0 radical (unpaired) electrons. The molecule has 1 aromatic carbocycles. The van der Waals surface area contributed by atoms with Crippen LogP contribution in [0.3, 0.4) is 0 Å². The predicted molar refractivity (Wildman–Crippen MR) is 80.7 cm³/mol. The molecule has 0 spiro atoms. The standard InChI is InChI=1S/C17H25NO2/c1-2-15-14(12-13-6-8-18-9-7-13)4-5-16-17(15)20-11-3-10-19-16/h4-5,13,18H,2-3,6-12H2,1H3. The van der Waals surface area contributed by atoms with Crippen molar-refractivity contribution in [3.8, 4) is 11.5 Å². The highest BCUT2D eigenvalue weighted by atomic mass is 16.5. The van der Waals surface area contributed by atoms with Crippen LogP contribution in [0.2, 0.25) is 0 Å². The minimum absolute atomic E-state index is 0.768. The lowest BCUT2D eigenvalue weighted by molar-refractivity contribution is 0.296. The maximum Gasteiger partial charge on any atom is 0.164 e. The van der Waals surface area contributed by atoms with Gasteiger partial charge in [-0.05, 0) is 56.3 Å². The molecule has 2 heterocycles. The Bertz CT molecular complexity index is 453. The topological polar surface area (TPSA) is 30.5 Å². The molecule has 2 aliphatic heterocycles. The summed E-state index contributed by atoms with van der Waals surface area (Å²) in [4.78, 5) is 0. The fraction of sp³-hybridized carbons (Fsp3) is 0.647. The Morgan fingerprint density at radius 3 is 2.75 bits per heavy atom. The molecule has 0 aromatic heterocycles. The molecular formula is C17H25NO2. The van der Waals surface area contributed by atoms with Gasteiger partial charge >= 0.3 is 0 Å². The molecule has 0 atom stereocenters. The van der Waals surface area contributed by atoms with Crippen molar-refractivity contribution in [1.29, 1.82) is 0 Å². The van der Waals surface area contributed by atoms with Gasteiger partial charge < -0.3 is 14.8 Å². The van der Waals surface area contributed by atoms with Crippen LogP contribution in [-0.2, 0) is 12.8 Å². The zero-order chi connectivity index (χ0) is 13.8. The van der Waals surface area contributed by atoms with Crippen molar-refractivity contribution in [3.63, 3.8) is 0 Å². The van der Waals surface area contributed by atoms with Gasteiger partial charge in [-0.1, -0.05) is 13.0 Å². The lowest BCUT2D eigenvalue weighted by Crippen LogP contribution is -2.28. The molecule has 20 heavy (non-hydrogen) atoms. The molecule has 3 heteroatoms. The maximum absolute atomic E-state index is 5.96. The van der Waals surface area contributed by atoms with Crippen molar-refractivity contribution in [2.45, 2.75) is 39.0 Å². The van der Waals surface area contributed by atoms with E-state index >= 15 is 0 Å². The molecule has 0 aliphatic carbocycles. The summed E-state index contributed by atoms with van der Waals surface area (Å²) in [5, 5.41) is 3.44. The Hall–Kier alpha value is -1.22. The van der Waals surface area contributed by atoms with Gasteiger partial charge in [0.1, 0.15) is 0 Å². The molecule has 1 saturated heterocycles. The number of hydrogen-bond donors (Lipinski definition) is 1. The van der Waals surface area contributed by atoms with E-state index in [1.807, 2.05) is 0 Å². The largest absolute Gasteiger partial charge is 0.490 e. The second-order valence-electron chi connectivity index (χ2n) is 5.83. The van der Waals surface area contributed by atoms with E-state index < -0.39 is 0 Å². The monoisotopic (exact) mass is 275 g/mol. The average molecular weight is 275 g/mol. The Morgan fingerprint density at radius 1 is 1.15 bits per heavy atom. The van der Waals surface area contributed by atoms with Crippen LogP contribution in [0.4, 0.5) is 0 Å². The fourth-order valence-corrected chi connectivity index (χ4v) is 3.31. The van der Waals surface area contributed by atoms with Gasteiger partial charge in [0.05, 0.1) is 13.2 Å². The molecule has 2 aliphatic rings. The number of ether oxygens (including phenoxy) is 2. The highest BCUT2D eigenvalue weighted by Crippen LogP contribution is 2.37. The van der Waals surface area contributed by atoms with E-state index in [0.717, 1.165) is 56.6 Å². The van der Waals surface area contributed by atoms with Crippen molar-refractivity contribution in [2.75, 3.05) is 26.3 Å². The van der Waals surface area contributed by atoms with Gasteiger partial charge in [0, 0.05) is 12.0 Å².